The molecule has 1 saturated heterocycles. The minimum atomic E-state index is 0.0582. The van der Waals surface area contributed by atoms with E-state index in [-0.39, 0.29) is 11.3 Å². The van der Waals surface area contributed by atoms with Crippen molar-refractivity contribution in [3.63, 3.8) is 0 Å². The van der Waals surface area contributed by atoms with Gasteiger partial charge in [0.1, 0.15) is 5.01 Å². The van der Waals surface area contributed by atoms with Gasteiger partial charge in [0.25, 0.3) is 0 Å². The van der Waals surface area contributed by atoms with Crippen molar-refractivity contribution >= 4 is 17.2 Å². The summed E-state index contributed by atoms with van der Waals surface area (Å²) < 4.78 is 0. The first-order valence-electron chi connectivity index (χ1n) is 8.91. The lowest BCUT2D eigenvalue weighted by molar-refractivity contribution is -0.134. The van der Waals surface area contributed by atoms with Crippen LogP contribution in [0.5, 0.6) is 0 Å². The fraction of sp³-hybridized carbons (Fsp3) is 0.500. The van der Waals surface area contributed by atoms with E-state index in [4.69, 9.17) is 4.98 Å². The van der Waals surface area contributed by atoms with Gasteiger partial charge in [0, 0.05) is 50.1 Å². The molecular weight excluding hydrogens is 330 g/mol. The van der Waals surface area contributed by atoms with Crippen LogP contribution < -0.4 is 0 Å². The number of carbonyl (C=O) groups is 1. The summed E-state index contributed by atoms with van der Waals surface area (Å²) in [6, 6.07) is 10.3. The van der Waals surface area contributed by atoms with Crippen molar-refractivity contribution in [2.75, 3.05) is 26.2 Å². The summed E-state index contributed by atoms with van der Waals surface area (Å²) in [7, 11) is 0. The number of carbonyl (C=O) groups excluding carboxylic acids is 1. The standard InChI is InChI=1S/C20H27N3OS/c1-20(2,3)13-18(24)23-11-9-22(10-12-23)14-17-15-25-19(21-17)16-7-5-4-6-8-16/h4-8,15H,9-14H2,1-3H3. The number of aromatic nitrogens is 1. The normalized spacial score (nSPS) is 16.2. The number of hydrogen-bond acceptors (Lipinski definition) is 4. The van der Waals surface area contributed by atoms with E-state index in [1.54, 1.807) is 11.3 Å². The van der Waals surface area contributed by atoms with Crippen LogP contribution in [-0.2, 0) is 11.3 Å². The lowest BCUT2D eigenvalue weighted by atomic mass is 9.91. The monoisotopic (exact) mass is 357 g/mol. The second kappa shape index (κ2) is 7.67. The van der Waals surface area contributed by atoms with Crippen molar-refractivity contribution in [2.45, 2.75) is 33.7 Å². The lowest BCUT2D eigenvalue weighted by Crippen LogP contribution is -2.48. The molecule has 0 spiro atoms. The molecule has 25 heavy (non-hydrogen) atoms. The van der Waals surface area contributed by atoms with E-state index in [9.17, 15) is 4.79 Å². The molecular formula is C20H27N3OS. The molecule has 5 heteroatoms. The van der Waals surface area contributed by atoms with Gasteiger partial charge in [-0.15, -0.1) is 11.3 Å². The maximum absolute atomic E-state index is 12.3. The molecule has 0 bridgehead atoms. The third-order valence-corrected chi connectivity index (χ3v) is 5.30. The maximum Gasteiger partial charge on any atom is 0.223 e. The SMILES string of the molecule is CC(C)(C)CC(=O)N1CCN(Cc2csc(-c3ccccc3)n2)CC1. The quantitative estimate of drug-likeness (QED) is 0.833. The predicted octanol–water partition coefficient (Wildman–Crippen LogP) is 3.89. The number of nitrogens with zero attached hydrogens (tertiary/aromatic N) is 3. The minimum Gasteiger partial charge on any atom is -0.340 e. The summed E-state index contributed by atoms with van der Waals surface area (Å²) in [4.78, 5) is 21.5. The third-order valence-electron chi connectivity index (χ3n) is 4.36. The van der Waals surface area contributed by atoms with E-state index >= 15 is 0 Å². The van der Waals surface area contributed by atoms with Crippen LogP contribution in [0.2, 0.25) is 0 Å². The van der Waals surface area contributed by atoms with Crippen molar-refractivity contribution in [3.05, 3.63) is 41.4 Å². The van der Waals surface area contributed by atoms with E-state index in [0.717, 1.165) is 43.4 Å². The van der Waals surface area contributed by atoms with Gasteiger partial charge in [0.2, 0.25) is 5.91 Å². The van der Waals surface area contributed by atoms with Gasteiger partial charge in [-0.3, -0.25) is 9.69 Å². The largest absolute Gasteiger partial charge is 0.340 e. The van der Waals surface area contributed by atoms with E-state index in [0.29, 0.717) is 6.42 Å². The first-order chi connectivity index (χ1) is 11.9. The van der Waals surface area contributed by atoms with Crippen LogP contribution in [0, 0.1) is 5.41 Å². The topological polar surface area (TPSA) is 36.4 Å². The maximum atomic E-state index is 12.3. The molecule has 134 valence electrons. The van der Waals surface area contributed by atoms with Crippen LogP contribution in [0.15, 0.2) is 35.7 Å². The van der Waals surface area contributed by atoms with Gasteiger partial charge in [0.15, 0.2) is 0 Å². The molecule has 0 N–H and O–H groups in total. The highest BCUT2D eigenvalue weighted by atomic mass is 32.1. The summed E-state index contributed by atoms with van der Waals surface area (Å²) in [5, 5.41) is 3.23. The molecule has 4 nitrogen and oxygen atoms in total. The summed E-state index contributed by atoms with van der Waals surface area (Å²) in [6.07, 6.45) is 0.625. The number of thiazole rings is 1. The Morgan fingerprint density at radius 3 is 2.44 bits per heavy atom. The minimum absolute atomic E-state index is 0.0582. The van der Waals surface area contributed by atoms with Crippen molar-refractivity contribution < 1.29 is 4.79 Å². The Morgan fingerprint density at radius 1 is 1.12 bits per heavy atom. The first-order valence-corrected chi connectivity index (χ1v) is 9.79. The molecule has 1 amide bonds. The summed E-state index contributed by atoms with van der Waals surface area (Å²) in [5.74, 6) is 0.284. The fourth-order valence-corrected chi connectivity index (χ4v) is 3.86. The van der Waals surface area contributed by atoms with Crippen molar-refractivity contribution in [1.29, 1.82) is 0 Å². The van der Waals surface area contributed by atoms with Gasteiger partial charge in [-0.2, -0.15) is 0 Å². The molecule has 2 heterocycles. The van der Waals surface area contributed by atoms with Gasteiger partial charge in [-0.1, -0.05) is 51.1 Å². The molecule has 0 unspecified atom stereocenters. The van der Waals surface area contributed by atoms with Crippen LogP contribution in [0.1, 0.15) is 32.9 Å². The Hall–Kier alpha value is -1.72. The zero-order chi connectivity index (χ0) is 17.9. The number of hydrogen-bond donors (Lipinski definition) is 0. The van der Waals surface area contributed by atoms with Gasteiger partial charge in [-0.25, -0.2) is 4.98 Å². The highest BCUT2D eigenvalue weighted by Gasteiger charge is 2.25. The van der Waals surface area contributed by atoms with Gasteiger partial charge >= 0.3 is 0 Å². The Balaban J connectivity index is 1.51. The second-order valence-electron chi connectivity index (χ2n) is 7.90. The summed E-state index contributed by atoms with van der Waals surface area (Å²) >= 11 is 1.70. The molecule has 0 radical (unpaired) electrons. The van der Waals surface area contributed by atoms with Crippen molar-refractivity contribution in [1.82, 2.24) is 14.8 Å². The van der Waals surface area contributed by atoms with Gasteiger partial charge in [-0.05, 0) is 5.41 Å². The Kier molecular flexibility index (Phi) is 5.54. The zero-order valence-corrected chi connectivity index (χ0v) is 16.2. The molecule has 2 aromatic rings. The van der Waals surface area contributed by atoms with Gasteiger partial charge < -0.3 is 4.90 Å². The zero-order valence-electron chi connectivity index (χ0n) is 15.4. The molecule has 1 fully saturated rings. The molecule has 0 saturated carbocycles. The molecule has 0 aliphatic carbocycles. The lowest BCUT2D eigenvalue weighted by Gasteiger charge is -2.35. The number of piperazine rings is 1. The number of amides is 1. The highest BCUT2D eigenvalue weighted by Crippen LogP contribution is 2.24. The van der Waals surface area contributed by atoms with Crippen LogP contribution in [-0.4, -0.2) is 46.9 Å². The second-order valence-corrected chi connectivity index (χ2v) is 8.76. The first kappa shape index (κ1) is 18.1. The van der Waals surface area contributed by atoms with Gasteiger partial charge in [0.05, 0.1) is 5.69 Å². The van der Waals surface area contributed by atoms with Crippen LogP contribution in [0.4, 0.5) is 0 Å². The number of benzene rings is 1. The predicted molar refractivity (Wildman–Crippen MR) is 103 cm³/mol. The summed E-state index contributed by atoms with van der Waals surface area (Å²) in [6.45, 7) is 10.7. The summed E-state index contributed by atoms with van der Waals surface area (Å²) in [5.41, 5.74) is 2.36. The molecule has 0 atom stereocenters. The average molecular weight is 358 g/mol. The van der Waals surface area contributed by atoms with Crippen molar-refractivity contribution in [2.24, 2.45) is 5.41 Å². The van der Waals surface area contributed by atoms with Crippen LogP contribution >= 0.6 is 11.3 Å². The van der Waals surface area contributed by atoms with E-state index < -0.39 is 0 Å². The molecule has 1 aliphatic rings. The Labute approximate surface area is 154 Å². The molecule has 1 aromatic carbocycles. The van der Waals surface area contributed by atoms with E-state index in [1.807, 2.05) is 23.1 Å². The number of rotatable bonds is 4. The van der Waals surface area contributed by atoms with Crippen LogP contribution in [0.25, 0.3) is 10.6 Å². The molecule has 1 aliphatic heterocycles. The van der Waals surface area contributed by atoms with Crippen molar-refractivity contribution in [3.8, 4) is 10.6 Å². The average Bonchev–Trinajstić information content (AvgIpc) is 3.03. The molecule has 1 aromatic heterocycles. The fourth-order valence-electron chi connectivity index (χ4n) is 3.04. The smallest absolute Gasteiger partial charge is 0.223 e. The van der Waals surface area contributed by atoms with E-state index in [2.05, 4.69) is 43.2 Å². The Morgan fingerprint density at radius 2 is 1.80 bits per heavy atom. The molecule has 3 rings (SSSR count). The van der Waals surface area contributed by atoms with Crippen LogP contribution in [0.3, 0.4) is 0 Å². The Bertz CT molecular complexity index is 697. The highest BCUT2D eigenvalue weighted by molar-refractivity contribution is 7.13. The van der Waals surface area contributed by atoms with E-state index in [1.165, 1.54) is 5.56 Å². The third kappa shape index (κ3) is 5.13.